The predicted octanol–water partition coefficient (Wildman–Crippen LogP) is 1.88. The summed E-state index contributed by atoms with van der Waals surface area (Å²) in [7, 11) is 1.69. The standard InChI is InChI=1S/C15H24N2O2/c1-3-15-13(7-8-19-15)14(17-16)10-11-5-4-6-12(9-11)18-2/h4-6,9,13-15,17H,3,7-8,10,16H2,1-2H3. The van der Waals surface area contributed by atoms with Gasteiger partial charge in [-0.2, -0.15) is 0 Å². The van der Waals surface area contributed by atoms with Crippen LogP contribution in [0.5, 0.6) is 5.75 Å². The first kappa shape index (κ1) is 14.3. The fourth-order valence-corrected chi connectivity index (χ4v) is 2.93. The zero-order chi connectivity index (χ0) is 13.7. The molecule has 3 N–H and O–H groups in total. The quantitative estimate of drug-likeness (QED) is 0.608. The van der Waals surface area contributed by atoms with E-state index >= 15 is 0 Å². The SMILES string of the molecule is CCC1OCCC1C(Cc1cccc(OC)c1)NN. The number of benzene rings is 1. The van der Waals surface area contributed by atoms with Crippen LogP contribution in [0.4, 0.5) is 0 Å². The lowest BCUT2D eigenvalue weighted by Gasteiger charge is -2.26. The average Bonchev–Trinajstić information content (AvgIpc) is 2.93. The monoisotopic (exact) mass is 264 g/mol. The van der Waals surface area contributed by atoms with Gasteiger partial charge in [-0.15, -0.1) is 0 Å². The van der Waals surface area contributed by atoms with Crippen LogP contribution in [0.25, 0.3) is 0 Å². The van der Waals surface area contributed by atoms with Crippen molar-refractivity contribution in [2.24, 2.45) is 11.8 Å². The molecule has 1 saturated heterocycles. The molecule has 0 aliphatic carbocycles. The number of ether oxygens (including phenoxy) is 2. The number of hydrogen-bond donors (Lipinski definition) is 2. The van der Waals surface area contributed by atoms with Crippen molar-refractivity contribution in [3.63, 3.8) is 0 Å². The molecule has 0 saturated carbocycles. The minimum absolute atomic E-state index is 0.250. The second-order valence-electron chi connectivity index (χ2n) is 5.10. The van der Waals surface area contributed by atoms with Crippen molar-refractivity contribution in [2.45, 2.75) is 38.3 Å². The zero-order valence-corrected chi connectivity index (χ0v) is 11.8. The molecule has 4 heteroatoms. The van der Waals surface area contributed by atoms with Gasteiger partial charge >= 0.3 is 0 Å². The Balaban J connectivity index is 2.05. The maximum absolute atomic E-state index is 5.76. The van der Waals surface area contributed by atoms with E-state index < -0.39 is 0 Å². The number of rotatable bonds is 6. The lowest BCUT2D eigenvalue weighted by molar-refractivity contribution is 0.0774. The van der Waals surface area contributed by atoms with Gasteiger partial charge in [0.1, 0.15) is 5.75 Å². The maximum Gasteiger partial charge on any atom is 0.119 e. The molecule has 0 spiro atoms. The smallest absolute Gasteiger partial charge is 0.119 e. The van der Waals surface area contributed by atoms with Crippen LogP contribution in [0.1, 0.15) is 25.3 Å². The fraction of sp³-hybridized carbons (Fsp3) is 0.600. The number of nitrogens with two attached hydrogens (primary N) is 1. The minimum Gasteiger partial charge on any atom is -0.497 e. The lowest BCUT2D eigenvalue weighted by atomic mass is 9.87. The Bertz CT molecular complexity index is 397. The largest absolute Gasteiger partial charge is 0.497 e. The number of methoxy groups -OCH3 is 1. The Morgan fingerprint density at radius 1 is 1.53 bits per heavy atom. The van der Waals surface area contributed by atoms with Crippen LogP contribution in [0.2, 0.25) is 0 Å². The van der Waals surface area contributed by atoms with E-state index in [1.807, 2.05) is 12.1 Å². The first-order chi connectivity index (χ1) is 9.28. The van der Waals surface area contributed by atoms with Crippen LogP contribution in [-0.4, -0.2) is 25.9 Å². The third kappa shape index (κ3) is 3.47. The summed E-state index contributed by atoms with van der Waals surface area (Å²) < 4.78 is 11.0. The van der Waals surface area contributed by atoms with Gasteiger partial charge in [0.05, 0.1) is 13.2 Å². The summed E-state index contributed by atoms with van der Waals surface area (Å²) in [5.74, 6) is 7.13. The van der Waals surface area contributed by atoms with Crippen LogP contribution in [-0.2, 0) is 11.2 Å². The van der Waals surface area contributed by atoms with Crippen LogP contribution >= 0.6 is 0 Å². The minimum atomic E-state index is 0.250. The molecule has 1 heterocycles. The van der Waals surface area contributed by atoms with E-state index in [1.54, 1.807) is 7.11 Å². The molecule has 19 heavy (non-hydrogen) atoms. The first-order valence-corrected chi connectivity index (χ1v) is 6.99. The number of hydrogen-bond acceptors (Lipinski definition) is 4. The fourth-order valence-electron chi connectivity index (χ4n) is 2.93. The van der Waals surface area contributed by atoms with Crippen molar-refractivity contribution in [1.82, 2.24) is 5.43 Å². The third-order valence-corrected chi connectivity index (χ3v) is 3.98. The van der Waals surface area contributed by atoms with Gasteiger partial charge in [0.15, 0.2) is 0 Å². The molecule has 3 unspecified atom stereocenters. The normalized spacial score (nSPS) is 24.4. The summed E-state index contributed by atoms with van der Waals surface area (Å²) in [5, 5.41) is 0. The topological polar surface area (TPSA) is 56.5 Å². The Morgan fingerprint density at radius 3 is 3.05 bits per heavy atom. The lowest BCUT2D eigenvalue weighted by Crippen LogP contribution is -2.45. The molecule has 1 aliphatic heterocycles. The molecule has 0 bridgehead atoms. The van der Waals surface area contributed by atoms with E-state index in [-0.39, 0.29) is 6.04 Å². The van der Waals surface area contributed by atoms with Gasteiger partial charge in [0.2, 0.25) is 0 Å². The summed E-state index contributed by atoms with van der Waals surface area (Å²) in [6, 6.07) is 8.41. The Labute approximate surface area is 115 Å². The highest BCUT2D eigenvalue weighted by atomic mass is 16.5. The highest BCUT2D eigenvalue weighted by Gasteiger charge is 2.33. The van der Waals surface area contributed by atoms with Crippen molar-refractivity contribution < 1.29 is 9.47 Å². The maximum atomic E-state index is 5.76. The molecule has 1 fully saturated rings. The molecule has 4 nitrogen and oxygen atoms in total. The molecule has 3 atom stereocenters. The summed E-state index contributed by atoms with van der Waals surface area (Å²) >= 11 is 0. The van der Waals surface area contributed by atoms with Crippen LogP contribution in [0, 0.1) is 5.92 Å². The van der Waals surface area contributed by atoms with Crippen molar-refractivity contribution in [3.8, 4) is 5.75 Å². The van der Waals surface area contributed by atoms with E-state index in [2.05, 4.69) is 24.5 Å². The molecule has 0 amide bonds. The first-order valence-electron chi connectivity index (χ1n) is 6.99. The van der Waals surface area contributed by atoms with Crippen LogP contribution in [0.15, 0.2) is 24.3 Å². The average molecular weight is 264 g/mol. The Morgan fingerprint density at radius 2 is 2.37 bits per heavy atom. The molecule has 1 aromatic carbocycles. The number of nitrogens with one attached hydrogen (secondary N) is 1. The van der Waals surface area contributed by atoms with Gasteiger partial charge in [0, 0.05) is 18.6 Å². The van der Waals surface area contributed by atoms with E-state index in [0.717, 1.165) is 31.6 Å². The highest BCUT2D eigenvalue weighted by Crippen LogP contribution is 2.28. The second kappa shape index (κ2) is 6.89. The molecule has 1 aromatic rings. The van der Waals surface area contributed by atoms with Gasteiger partial charge in [-0.1, -0.05) is 19.1 Å². The van der Waals surface area contributed by atoms with Crippen molar-refractivity contribution in [3.05, 3.63) is 29.8 Å². The zero-order valence-electron chi connectivity index (χ0n) is 11.8. The Kier molecular flexibility index (Phi) is 5.19. The van der Waals surface area contributed by atoms with E-state index in [9.17, 15) is 0 Å². The van der Waals surface area contributed by atoms with E-state index in [1.165, 1.54) is 5.56 Å². The molecular formula is C15H24N2O2. The van der Waals surface area contributed by atoms with Crippen molar-refractivity contribution in [2.75, 3.05) is 13.7 Å². The molecule has 1 aliphatic rings. The molecule has 106 valence electrons. The molecular weight excluding hydrogens is 240 g/mol. The molecule has 0 radical (unpaired) electrons. The van der Waals surface area contributed by atoms with Gasteiger partial charge in [-0.3, -0.25) is 11.3 Å². The van der Waals surface area contributed by atoms with Crippen LogP contribution < -0.4 is 16.0 Å². The summed E-state index contributed by atoms with van der Waals surface area (Å²) in [6.45, 7) is 3.02. The predicted molar refractivity (Wildman–Crippen MR) is 75.9 cm³/mol. The second-order valence-corrected chi connectivity index (χ2v) is 5.10. The van der Waals surface area contributed by atoms with Gasteiger partial charge in [-0.25, -0.2) is 0 Å². The van der Waals surface area contributed by atoms with Gasteiger partial charge < -0.3 is 9.47 Å². The van der Waals surface area contributed by atoms with Gasteiger partial charge in [-0.05, 0) is 37.0 Å². The summed E-state index contributed by atoms with van der Waals surface area (Å²) in [4.78, 5) is 0. The highest BCUT2D eigenvalue weighted by molar-refractivity contribution is 5.29. The molecule has 2 rings (SSSR count). The summed E-state index contributed by atoms with van der Waals surface area (Å²) in [6.07, 6.45) is 3.35. The number of hydrazine groups is 1. The third-order valence-electron chi connectivity index (χ3n) is 3.98. The summed E-state index contributed by atoms with van der Waals surface area (Å²) in [5.41, 5.74) is 4.21. The van der Waals surface area contributed by atoms with Gasteiger partial charge in [0.25, 0.3) is 0 Å². The van der Waals surface area contributed by atoms with Crippen molar-refractivity contribution in [1.29, 1.82) is 0 Å². The van der Waals surface area contributed by atoms with Crippen LogP contribution in [0.3, 0.4) is 0 Å². The van der Waals surface area contributed by atoms with E-state index in [4.69, 9.17) is 15.3 Å². The molecule has 0 aromatic heterocycles. The van der Waals surface area contributed by atoms with E-state index in [0.29, 0.717) is 12.0 Å². The Hall–Kier alpha value is -1.10. The van der Waals surface area contributed by atoms with Crippen molar-refractivity contribution >= 4 is 0 Å².